The number of rotatable bonds is 4. The van der Waals surface area contributed by atoms with Crippen LogP contribution in [-0.4, -0.2) is 35.4 Å². The van der Waals surface area contributed by atoms with Gasteiger partial charge in [0.15, 0.2) is 9.84 Å². The van der Waals surface area contributed by atoms with Gasteiger partial charge in [-0.15, -0.1) is 0 Å². The van der Waals surface area contributed by atoms with Crippen molar-refractivity contribution in [2.45, 2.75) is 30.6 Å². The zero-order valence-electron chi connectivity index (χ0n) is 9.64. The van der Waals surface area contributed by atoms with Crippen LogP contribution in [0, 0.1) is 0 Å². The Hall–Kier alpha value is -0.690. The largest absolute Gasteiger partial charge is 0.365 e. The first-order chi connectivity index (χ1) is 7.87. The quantitative estimate of drug-likeness (QED) is 0.913. The lowest BCUT2D eigenvalue weighted by Gasteiger charge is -2.23. The molecule has 1 N–H and O–H groups in total. The molecule has 1 aliphatic rings. The molecule has 0 radical (unpaired) electrons. The Morgan fingerprint density at radius 3 is 2.65 bits per heavy atom. The molecular weight excluding hydrogens is 306 g/mol. The summed E-state index contributed by atoms with van der Waals surface area (Å²) in [6.07, 6.45) is 5.78. The van der Waals surface area contributed by atoms with Crippen LogP contribution in [-0.2, 0) is 9.84 Å². The number of nitrogens with one attached hydrogen (secondary N) is 1. The molecule has 1 atom stereocenters. The molecule has 17 heavy (non-hydrogen) atoms. The van der Waals surface area contributed by atoms with E-state index in [9.17, 15) is 8.42 Å². The molecule has 94 valence electrons. The summed E-state index contributed by atoms with van der Waals surface area (Å²) in [5.74, 6) is 0.627. The third kappa shape index (κ3) is 2.30. The van der Waals surface area contributed by atoms with E-state index >= 15 is 0 Å². The summed E-state index contributed by atoms with van der Waals surface area (Å²) in [5, 5.41) is 3.14. The number of sulfone groups is 1. The van der Waals surface area contributed by atoms with Gasteiger partial charge >= 0.3 is 0 Å². The van der Waals surface area contributed by atoms with Gasteiger partial charge in [0, 0.05) is 18.5 Å². The van der Waals surface area contributed by atoms with Crippen LogP contribution in [0.5, 0.6) is 0 Å². The highest BCUT2D eigenvalue weighted by molar-refractivity contribution is 9.10. The van der Waals surface area contributed by atoms with Crippen LogP contribution < -0.4 is 5.32 Å². The molecule has 0 aromatic carbocycles. The Kier molecular flexibility index (Phi) is 3.15. The van der Waals surface area contributed by atoms with Crippen molar-refractivity contribution >= 4 is 31.6 Å². The standard InChI is InChI=1S/C10H14BrN3O2S/c1-7(10(3-4-10)17(2,15)16)14-9-8(11)5-12-6-13-9/h5-7H,3-4H2,1-2H3,(H,12,13,14). The molecule has 1 aliphatic carbocycles. The predicted molar refractivity (Wildman–Crippen MR) is 69.6 cm³/mol. The maximum absolute atomic E-state index is 11.7. The van der Waals surface area contributed by atoms with Gasteiger partial charge in [-0.05, 0) is 35.7 Å². The van der Waals surface area contributed by atoms with Gasteiger partial charge in [-0.25, -0.2) is 18.4 Å². The maximum Gasteiger partial charge on any atom is 0.155 e. The zero-order chi connectivity index (χ0) is 12.7. The lowest BCUT2D eigenvalue weighted by Crippen LogP contribution is -2.39. The Morgan fingerprint density at radius 2 is 2.18 bits per heavy atom. The highest BCUT2D eigenvalue weighted by Crippen LogP contribution is 2.47. The summed E-state index contributed by atoms with van der Waals surface area (Å²) >= 11 is 3.33. The van der Waals surface area contributed by atoms with Crippen molar-refractivity contribution in [1.29, 1.82) is 0 Å². The lowest BCUT2D eigenvalue weighted by molar-refractivity contribution is 0.568. The van der Waals surface area contributed by atoms with Crippen LogP contribution in [0.25, 0.3) is 0 Å². The fraction of sp³-hybridized carbons (Fsp3) is 0.600. The molecule has 1 aromatic heterocycles. The van der Waals surface area contributed by atoms with Crippen molar-refractivity contribution in [2.75, 3.05) is 11.6 Å². The SMILES string of the molecule is CC(Nc1ncncc1Br)C1(S(C)(=O)=O)CC1. The molecule has 1 fully saturated rings. The summed E-state index contributed by atoms with van der Waals surface area (Å²) in [5.41, 5.74) is 0. The van der Waals surface area contributed by atoms with E-state index in [0.717, 1.165) is 4.47 Å². The van der Waals surface area contributed by atoms with E-state index in [1.54, 1.807) is 6.20 Å². The Bertz CT molecular complexity index is 528. The molecule has 7 heteroatoms. The van der Waals surface area contributed by atoms with Crippen LogP contribution in [0.3, 0.4) is 0 Å². The van der Waals surface area contributed by atoms with Crippen LogP contribution >= 0.6 is 15.9 Å². The minimum Gasteiger partial charge on any atom is -0.365 e. The van der Waals surface area contributed by atoms with Gasteiger partial charge in [-0.1, -0.05) is 0 Å². The first-order valence-corrected chi connectivity index (χ1v) is 7.97. The van der Waals surface area contributed by atoms with Gasteiger partial charge in [-0.2, -0.15) is 0 Å². The van der Waals surface area contributed by atoms with E-state index < -0.39 is 14.6 Å². The number of hydrogen-bond acceptors (Lipinski definition) is 5. The summed E-state index contributed by atoms with van der Waals surface area (Å²) < 4.78 is 23.6. The van der Waals surface area contributed by atoms with Gasteiger partial charge in [0.25, 0.3) is 0 Å². The topological polar surface area (TPSA) is 72.0 Å². The highest BCUT2D eigenvalue weighted by Gasteiger charge is 2.56. The maximum atomic E-state index is 11.7. The van der Waals surface area contributed by atoms with Crippen molar-refractivity contribution in [2.24, 2.45) is 0 Å². The Morgan fingerprint density at radius 1 is 1.53 bits per heavy atom. The third-order valence-corrected chi connectivity index (χ3v) is 6.11. The highest BCUT2D eigenvalue weighted by atomic mass is 79.9. The van der Waals surface area contributed by atoms with E-state index in [1.165, 1.54) is 12.6 Å². The average Bonchev–Trinajstić information content (AvgIpc) is 3.01. The second-order valence-electron chi connectivity index (χ2n) is 4.42. The summed E-state index contributed by atoms with van der Waals surface area (Å²) in [6, 6.07) is -0.163. The molecule has 1 aromatic rings. The van der Waals surface area contributed by atoms with Gasteiger partial charge < -0.3 is 5.32 Å². The number of nitrogens with zero attached hydrogens (tertiary/aromatic N) is 2. The molecule has 0 spiro atoms. The van der Waals surface area contributed by atoms with Gasteiger partial charge in [0.2, 0.25) is 0 Å². The van der Waals surface area contributed by atoms with Crippen molar-refractivity contribution in [3.05, 3.63) is 17.0 Å². The van der Waals surface area contributed by atoms with Crippen LogP contribution in [0.2, 0.25) is 0 Å². The second-order valence-corrected chi connectivity index (χ2v) is 7.63. The summed E-state index contributed by atoms with van der Waals surface area (Å²) in [7, 11) is -3.04. The second kappa shape index (κ2) is 4.20. The van der Waals surface area contributed by atoms with Gasteiger partial charge in [0.1, 0.15) is 12.1 Å². The average molecular weight is 320 g/mol. The van der Waals surface area contributed by atoms with E-state index in [2.05, 4.69) is 31.2 Å². The van der Waals surface area contributed by atoms with Crippen molar-refractivity contribution in [3.63, 3.8) is 0 Å². The monoisotopic (exact) mass is 319 g/mol. The molecule has 1 heterocycles. The smallest absolute Gasteiger partial charge is 0.155 e. The Labute approximate surface area is 109 Å². The normalized spacial score (nSPS) is 19.7. The number of halogens is 1. The van der Waals surface area contributed by atoms with E-state index in [1.807, 2.05) is 6.92 Å². The molecule has 0 bridgehead atoms. The van der Waals surface area contributed by atoms with E-state index in [0.29, 0.717) is 18.7 Å². The molecular formula is C10H14BrN3O2S. The molecule has 2 rings (SSSR count). The molecule has 1 unspecified atom stereocenters. The van der Waals surface area contributed by atoms with Crippen LogP contribution in [0.15, 0.2) is 17.0 Å². The minimum absolute atomic E-state index is 0.163. The minimum atomic E-state index is -3.04. The van der Waals surface area contributed by atoms with Crippen molar-refractivity contribution < 1.29 is 8.42 Å². The lowest BCUT2D eigenvalue weighted by atomic mass is 10.2. The van der Waals surface area contributed by atoms with Gasteiger partial charge in [0.05, 0.1) is 9.22 Å². The van der Waals surface area contributed by atoms with Crippen molar-refractivity contribution in [3.8, 4) is 0 Å². The fourth-order valence-electron chi connectivity index (χ4n) is 2.00. The van der Waals surface area contributed by atoms with Crippen LogP contribution in [0.4, 0.5) is 5.82 Å². The van der Waals surface area contributed by atoms with Crippen molar-refractivity contribution in [1.82, 2.24) is 9.97 Å². The summed E-state index contributed by atoms with van der Waals surface area (Å²) in [4.78, 5) is 7.94. The predicted octanol–water partition coefficient (Wildman–Crippen LogP) is 1.62. The molecule has 0 saturated heterocycles. The third-order valence-electron chi connectivity index (χ3n) is 3.29. The summed E-state index contributed by atoms with van der Waals surface area (Å²) in [6.45, 7) is 1.88. The first kappa shape index (κ1) is 12.8. The molecule has 5 nitrogen and oxygen atoms in total. The number of anilines is 1. The van der Waals surface area contributed by atoms with Gasteiger partial charge in [-0.3, -0.25) is 0 Å². The number of hydrogen-bond donors (Lipinski definition) is 1. The first-order valence-electron chi connectivity index (χ1n) is 5.28. The van der Waals surface area contributed by atoms with E-state index in [4.69, 9.17) is 0 Å². The Balaban J connectivity index is 2.19. The van der Waals surface area contributed by atoms with Crippen LogP contribution in [0.1, 0.15) is 19.8 Å². The zero-order valence-corrected chi connectivity index (χ0v) is 12.0. The molecule has 0 amide bonds. The van der Waals surface area contributed by atoms with E-state index in [-0.39, 0.29) is 6.04 Å². The molecule has 0 aliphatic heterocycles. The number of aromatic nitrogens is 2. The molecule has 1 saturated carbocycles. The fourth-order valence-corrected chi connectivity index (χ4v) is 3.88.